The van der Waals surface area contributed by atoms with Crippen molar-refractivity contribution in [3.63, 3.8) is 0 Å². The Balaban J connectivity index is 5.06. The van der Waals surface area contributed by atoms with Crippen LogP contribution in [0.4, 0.5) is 0 Å². The van der Waals surface area contributed by atoms with Crippen molar-refractivity contribution in [2.24, 2.45) is 0 Å². The van der Waals surface area contributed by atoms with E-state index >= 15 is 0 Å². The molecule has 0 rings (SSSR count). The Labute approximate surface area is 107 Å². The lowest BCUT2D eigenvalue weighted by Crippen LogP contribution is -2.22. The number of thioether (sulfide) groups is 2. The van der Waals surface area contributed by atoms with Gasteiger partial charge in [-0.1, -0.05) is 49.4 Å². The molecule has 0 heterocycles. The van der Waals surface area contributed by atoms with Crippen molar-refractivity contribution in [1.29, 1.82) is 0 Å². The van der Waals surface area contributed by atoms with Gasteiger partial charge in [0.2, 0.25) is 0 Å². The molecule has 0 aliphatic heterocycles. The molecule has 0 unspecified atom stereocenters. The Kier molecular flexibility index (Phi) is 6.84. The molecule has 0 atom stereocenters. The van der Waals surface area contributed by atoms with Gasteiger partial charge in [-0.05, 0) is 30.4 Å². The minimum Gasteiger partial charge on any atom is -0.118 e. The van der Waals surface area contributed by atoms with Gasteiger partial charge in [0.15, 0.2) is 0 Å². The van der Waals surface area contributed by atoms with E-state index in [1.54, 1.807) is 11.9 Å². The van der Waals surface area contributed by atoms with Gasteiger partial charge in [0.1, 0.15) is 0 Å². The number of hydrogen-bond acceptors (Lipinski definition) is 2. The highest BCUT2D eigenvalue weighted by Gasteiger charge is 2.33. The molecule has 0 aliphatic carbocycles. The van der Waals surface area contributed by atoms with E-state index in [9.17, 15) is 0 Å². The monoisotopic (exact) mass is 282 g/mol. The van der Waals surface area contributed by atoms with Gasteiger partial charge < -0.3 is 0 Å². The maximum atomic E-state index is 2.38. The van der Waals surface area contributed by atoms with Crippen LogP contribution in [-0.2, 0) is 0 Å². The summed E-state index contributed by atoms with van der Waals surface area (Å²) in [5, 5.41) is 0.873. The Morgan fingerprint density at radius 3 is 1.40 bits per heavy atom. The zero-order chi connectivity index (χ0) is 12.3. The molecule has 90 valence electrons. The molecule has 4 heteroatoms. The molecule has 0 aromatic carbocycles. The van der Waals surface area contributed by atoms with Crippen LogP contribution in [0.3, 0.4) is 0 Å². The van der Waals surface area contributed by atoms with Crippen LogP contribution in [0.5, 0.6) is 0 Å². The number of rotatable bonds is 3. The van der Waals surface area contributed by atoms with Crippen LogP contribution in [0.25, 0.3) is 0 Å². The summed E-state index contributed by atoms with van der Waals surface area (Å²) < 4.78 is 1.56. The zero-order valence-electron chi connectivity index (χ0n) is 11.2. The standard InChI is InChI=1S/C11H24P2S2/c1-10(2,3)13(11(4,5)6)12-9(14-7)15-8/h1-8H3. The second-order valence-electron chi connectivity index (χ2n) is 5.43. The van der Waals surface area contributed by atoms with E-state index in [0.29, 0.717) is 10.3 Å². The van der Waals surface area contributed by atoms with Crippen LogP contribution in [0.15, 0.2) is 0 Å². The van der Waals surface area contributed by atoms with Gasteiger partial charge in [-0.25, -0.2) is 0 Å². The normalized spacial score (nSPS) is 13.7. The number of hydrogen-bond donors (Lipinski definition) is 0. The van der Waals surface area contributed by atoms with E-state index in [1.165, 1.54) is 0 Å². The fraction of sp³-hybridized carbons (Fsp3) is 0.909. The molecule has 0 saturated heterocycles. The smallest absolute Gasteiger partial charge is 0.0670 e. The van der Waals surface area contributed by atoms with Gasteiger partial charge >= 0.3 is 0 Å². The largest absolute Gasteiger partial charge is 0.118 e. The SMILES string of the molecule is CSC(=PP(C(C)(C)C)C(C)(C)C)SC. The molecule has 0 spiro atoms. The third-order valence-corrected chi connectivity index (χ3v) is 13.7. The van der Waals surface area contributed by atoms with Crippen LogP contribution in [0, 0.1) is 0 Å². The third kappa shape index (κ3) is 5.97. The first-order chi connectivity index (χ1) is 6.62. The average Bonchev–Trinajstić information content (AvgIpc) is 2.01. The first-order valence-corrected chi connectivity index (χ1v) is 10.5. The van der Waals surface area contributed by atoms with Crippen molar-refractivity contribution in [2.45, 2.75) is 51.9 Å². The summed E-state index contributed by atoms with van der Waals surface area (Å²) in [5.41, 5.74) is 0. The quantitative estimate of drug-likeness (QED) is 0.605. The molecule has 0 fully saturated rings. The Morgan fingerprint density at radius 1 is 0.867 bits per heavy atom. The van der Waals surface area contributed by atoms with Crippen molar-refractivity contribution >= 4 is 43.0 Å². The maximum absolute atomic E-state index is 2.38. The summed E-state index contributed by atoms with van der Waals surface area (Å²) >= 11 is 3.83. The van der Waals surface area contributed by atoms with Crippen molar-refractivity contribution in [3.05, 3.63) is 0 Å². The second-order valence-corrected chi connectivity index (χ2v) is 13.7. The molecule has 0 radical (unpaired) electrons. The first kappa shape index (κ1) is 16.3. The minimum atomic E-state index is -0.000257. The summed E-state index contributed by atoms with van der Waals surface area (Å²) in [6.07, 6.45) is 4.38. The van der Waals surface area contributed by atoms with Gasteiger partial charge in [-0.15, -0.1) is 23.5 Å². The van der Waals surface area contributed by atoms with Crippen molar-refractivity contribution in [1.82, 2.24) is 0 Å². The second kappa shape index (κ2) is 6.29. The molecule has 0 aromatic heterocycles. The summed E-state index contributed by atoms with van der Waals surface area (Å²) in [6.45, 7) is 14.3. The summed E-state index contributed by atoms with van der Waals surface area (Å²) in [6, 6.07) is 0. The molecule has 0 bridgehead atoms. The third-order valence-electron chi connectivity index (χ3n) is 1.80. The van der Waals surface area contributed by atoms with E-state index in [0.717, 1.165) is 0 Å². The van der Waals surface area contributed by atoms with Gasteiger partial charge in [-0.2, -0.15) is 0 Å². The zero-order valence-corrected chi connectivity index (χ0v) is 14.6. The van der Waals surface area contributed by atoms with Gasteiger partial charge in [0, 0.05) is 0 Å². The highest BCUT2D eigenvalue weighted by Crippen LogP contribution is 2.69. The van der Waals surface area contributed by atoms with E-state index in [-0.39, 0.29) is 7.61 Å². The molecule has 15 heavy (non-hydrogen) atoms. The molecule has 0 nitrogen and oxygen atoms in total. The van der Waals surface area contributed by atoms with Crippen molar-refractivity contribution in [2.75, 3.05) is 12.5 Å². The Bertz CT molecular complexity index is 204. The highest BCUT2D eigenvalue weighted by atomic mass is 32.2. The average molecular weight is 282 g/mol. The van der Waals surface area contributed by atoms with Gasteiger partial charge in [0.25, 0.3) is 0 Å². The summed E-state index contributed by atoms with van der Waals surface area (Å²) in [7, 11) is 1.57. The lowest BCUT2D eigenvalue weighted by molar-refractivity contribution is 0.720. The van der Waals surface area contributed by atoms with Crippen LogP contribution < -0.4 is 0 Å². The van der Waals surface area contributed by atoms with Crippen molar-refractivity contribution in [3.8, 4) is 0 Å². The fourth-order valence-electron chi connectivity index (χ4n) is 1.55. The van der Waals surface area contributed by atoms with E-state index in [4.69, 9.17) is 0 Å². The van der Waals surface area contributed by atoms with Crippen LogP contribution in [0.2, 0.25) is 0 Å². The van der Waals surface area contributed by atoms with E-state index < -0.39 is 0 Å². The lowest BCUT2D eigenvalue weighted by atomic mass is 10.2. The van der Waals surface area contributed by atoms with E-state index in [2.05, 4.69) is 54.1 Å². The molecule has 0 aliphatic rings. The predicted molar refractivity (Wildman–Crippen MR) is 85.4 cm³/mol. The van der Waals surface area contributed by atoms with Gasteiger partial charge in [0.05, 0.1) is 3.96 Å². The van der Waals surface area contributed by atoms with Crippen LogP contribution in [0.1, 0.15) is 41.5 Å². The van der Waals surface area contributed by atoms with Crippen LogP contribution in [-0.4, -0.2) is 26.8 Å². The molecular formula is C11H24P2S2. The topological polar surface area (TPSA) is 0 Å². The molecule has 0 amide bonds. The van der Waals surface area contributed by atoms with Crippen molar-refractivity contribution < 1.29 is 0 Å². The Hall–Kier alpha value is 1.30. The molecular weight excluding hydrogens is 258 g/mol. The lowest BCUT2D eigenvalue weighted by Gasteiger charge is -2.38. The summed E-state index contributed by atoms with van der Waals surface area (Å²) in [5.74, 6) is 0. The fourth-order valence-corrected chi connectivity index (χ4v) is 10.9. The van der Waals surface area contributed by atoms with E-state index in [1.807, 2.05) is 23.5 Å². The van der Waals surface area contributed by atoms with Crippen LogP contribution >= 0.6 is 39.0 Å². The molecule has 0 saturated carbocycles. The molecule has 0 aromatic rings. The van der Waals surface area contributed by atoms with Gasteiger partial charge in [-0.3, -0.25) is 0 Å². The highest BCUT2D eigenvalue weighted by molar-refractivity contribution is 8.49. The predicted octanol–water partition coefficient (Wildman–Crippen LogP) is 5.74. The summed E-state index contributed by atoms with van der Waals surface area (Å²) in [4.78, 5) is 0. The Morgan fingerprint density at radius 2 is 1.20 bits per heavy atom. The minimum absolute atomic E-state index is 0.000257. The maximum Gasteiger partial charge on any atom is 0.0670 e. The molecule has 0 N–H and O–H groups in total. The first-order valence-electron chi connectivity index (χ1n) is 5.10.